The van der Waals surface area contributed by atoms with Crippen LogP contribution in [0, 0.1) is 5.92 Å². The molecule has 0 aromatic carbocycles. The third-order valence-electron chi connectivity index (χ3n) is 2.62. The number of likely N-dealkylation sites (N-methyl/N-ethyl adjacent to an activating group) is 1. The molecule has 0 fully saturated rings. The summed E-state index contributed by atoms with van der Waals surface area (Å²) in [6.07, 6.45) is 1.26. The summed E-state index contributed by atoms with van der Waals surface area (Å²) in [4.78, 5) is 1.99. The first kappa shape index (κ1) is 15.9. The highest BCUT2D eigenvalue weighted by atomic mass is 32.2. The van der Waals surface area contributed by atoms with Gasteiger partial charge in [-0.3, -0.25) is 5.10 Å². The van der Waals surface area contributed by atoms with E-state index in [1.807, 2.05) is 32.8 Å². The smallest absolute Gasteiger partial charge is 0.248 e. The topological polar surface area (TPSA) is 95.3 Å². The molecule has 0 atom stereocenters. The summed E-state index contributed by atoms with van der Waals surface area (Å²) in [5.74, 6) is 0.323. The van der Waals surface area contributed by atoms with Crippen LogP contribution >= 0.6 is 0 Å². The van der Waals surface area contributed by atoms with Gasteiger partial charge in [-0.05, 0) is 20.0 Å². The summed E-state index contributed by atoms with van der Waals surface area (Å²) >= 11 is 0. The average molecular weight is 289 g/mol. The molecule has 1 aromatic heterocycles. The molecule has 0 amide bonds. The molecule has 7 nitrogen and oxygen atoms in total. The second-order valence-electron chi connectivity index (χ2n) is 5.21. The van der Waals surface area contributed by atoms with Crippen LogP contribution in [0.3, 0.4) is 0 Å². The van der Waals surface area contributed by atoms with Gasteiger partial charge in [0.1, 0.15) is 10.7 Å². The Labute approximate surface area is 114 Å². The number of nitrogens with two attached hydrogens (primary N) is 1. The number of rotatable bonds is 7. The Morgan fingerprint density at radius 2 is 2.00 bits per heavy atom. The summed E-state index contributed by atoms with van der Waals surface area (Å²) in [6.45, 7) is 5.51. The minimum absolute atomic E-state index is 0.0481. The molecule has 0 aliphatic rings. The van der Waals surface area contributed by atoms with Gasteiger partial charge >= 0.3 is 0 Å². The lowest BCUT2D eigenvalue weighted by molar-refractivity contribution is 0.313. The Balaban J connectivity index is 2.99. The molecule has 0 radical (unpaired) electrons. The fourth-order valence-electron chi connectivity index (χ4n) is 1.66. The van der Waals surface area contributed by atoms with Crippen molar-refractivity contribution in [3.05, 3.63) is 6.20 Å². The van der Waals surface area contributed by atoms with Crippen LogP contribution in [0.4, 0.5) is 5.82 Å². The van der Waals surface area contributed by atoms with Gasteiger partial charge in [0.25, 0.3) is 0 Å². The van der Waals surface area contributed by atoms with E-state index in [2.05, 4.69) is 10.2 Å². The quantitative estimate of drug-likeness (QED) is 0.747. The molecule has 19 heavy (non-hydrogen) atoms. The van der Waals surface area contributed by atoms with Crippen molar-refractivity contribution in [2.45, 2.75) is 18.7 Å². The molecule has 0 bridgehead atoms. The molecule has 0 aliphatic carbocycles. The maximum Gasteiger partial charge on any atom is 0.248 e. The molecule has 110 valence electrons. The lowest BCUT2D eigenvalue weighted by atomic mass is 10.2. The molecule has 1 aromatic rings. The molecule has 1 rings (SSSR count). The molecule has 0 aliphatic heterocycles. The molecule has 8 heteroatoms. The fourth-order valence-corrected chi connectivity index (χ4v) is 3.26. The highest BCUT2D eigenvalue weighted by molar-refractivity contribution is 7.89. The Hall–Kier alpha value is -1.12. The van der Waals surface area contributed by atoms with Crippen molar-refractivity contribution in [3.8, 4) is 0 Å². The molecule has 0 spiro atoms. The van der Waals surface area contributed by atoms with Crippen molar-refractivity contribution in [1.29, 1.82) is 0 Å². The molecule has 0 unspecified atom stereocenters. The number of aromatic nitrogens is 2. The summed E-state index contributed by atoms with van der Waals surface area (Å²) < 4.78 is 26.5. The summed E-state index contributed by atoms with van der Waals surface area (Å²) in [5.41, 5.74) is 5.62. The third-order valence-corrected chi connectivity index (χ3v) is 4.51. The van der Waals surface area contributed by atoms with Gasteiger partial charge in [0.15, 0.2) is 0 Å². The van der Waals surface area contributed by atoms with Crippen LogP contribution in [0.15, 0.2) is 11.1 Å². The van der Waals surface area contributed by atoms with Gasteiger partial charge in [0.05, 0.1) is 6.20 Å². The van der Waals surface area contributed by atoms with Crippen LogP contribution in [0.2, 0.25) is 0 Å². The number of nitrogens with zero attached hydrogens (tertiary/aromatic N) is 3. The zero-order valence-electron chi connectivity index (χ0n) is 11.9. The fraction of sp³-hybridized carbons (Fsp3) is 0.727. The second-order valence-corrected chi connectivity index (χ2v) is 7.11. The van der Waals surface area contributed by atoms with Gasteiger partial charge in [-0.1, -0.05) is 13.8 Å². The van der Waals surface area contributed by atoms with Gasteiger partial charge in [-0.2, -0.15) is 9.40 Å². The van der Waals surface area contributed by atoms with Gasteiger partial charge in [0.2, 0.25) is 10.0 Å². The van der Waals surface area contributed by atoms with Crippen LogP contribution in [0.5, 0.6) is 0 Å². The maximum absolute atomic E-state index is 12.5. The van der Waals surface area contributed by atoms with Crippen molar-refractivity contribution in [2.75, 3.05) is 39.5 Å². The number of aromatic amines is 1. The number of sulfonamides is 1. The van der Waals surface area contributed by atoms with E-state index in [-0.39, 0.29) is 16.6 Å². The number of H-pyrrole nitrogens is 1. The van der Waals surface area contributed by atoms with Crippen LogP contribution in [0.25, 0.3) is 0 Å². The Morgan fingerprint density at radius 1 is 1.37 bits per heavy atom. The molecular formula is C11H23N5O2S. The third kappa shape index (κ3) is 4.19. The number of hydrogen-bond donors (Lipinski definition) is 2. The molecule has 3 N–H and O–H groups in total. The minimum atomic E-state index is -3.59. The van der Waals surface area contributed by atoms with E-state index in [0.717, 1.165) is 0 Å². The highest BCUT2D eigenvalue weighted by Gasteiger charge is 2.28. The molecule has 1 heterocycles. The second kappa shape index (κ2) is 6.36. The first-order valence-electron chi connectivity index (χ1n) is 6.19. The van der Waals surface area contributed by atoms with Crippen molar-refractivity contribution < 1.29 is 8.42 Å². The van der Waals surface area contributed by atoms with Crippen LogP contribution in [-0.2, 0) is 10.0 Å². The van der Waals surface area contributed by atoms with Crippen molar-refractivity contribution in [1.82, 2.24) is 19.4 Å². The van der Waals surface area contributed by atoms with E-state index in [1.165, 1.54) is 10.5 Å². The maximum atomic E-state index is 12.5. The van der Waals surface area contributed by atoms with E-state index in [4.69, 9.17) is 5.73 Å². The summed E-state index contributed by atoms with van der Waals surface area (Å²) in [5, 5.41) is 6.14. The van der Waals surface area contributed by atoms with E-state index in [1.54, 1.807) is 0 Å². The van der Waals surface area contributed by atoms with E-state index in [9.17, 15) is 8.42 Å². The highest BCUT2D eigenvalue weighted by Crippen LogP contribution is 2.20. The predicted octanol–water partition coefficient (Wildman–Crippen LogP) is 0.200. The molecular weight excluding hydrogens is 266 g/mol. The van der Waals surface area contributed by atoms with Gasteiger partial charge in [0, 0.05) is 19.6 Å². The normalized spacial score (nSPS) is 12.8. The zero-order chi connectivity index (χ0) is 14.6. The number of nitrogen functional groups attached to an aromatic ring is 1. The Morgan fingerprint density at radius 3 is 2.42 bits per heavy atom. The zero-order valence-corrected chi connectivity index (χ0v) is 12.7. The van der Waals surface area contributed by atoms with E-state index in [0.29, 0.717) is 19.6 Å². The van der Waals surface area contributed by atoms with E-state index >= 15 is 0 Å². The van der Waals surface area contributed by atoms with Crippen molar-refractivity contribution in [3.63, 3.8) is 0 Å². The van der Waals surface area contributed by atoms with Gasteiger partial charge in [-0.25, -0.2) is 8.42 Å². The van der Waals surface area contributed by atoms with Gasteiger partial charge < -0.3 is 10.6 Å². The first-order chi connectivity index (χ1) is 8.75. The van der Waals surface area contributed by atoms with Crippen LogP contribution < -0.4 is 5.73 Å². The lowest BCUT2D eigenvalue weighted by Crippen LogP contribution is -2.39. The monoisotopic (exact) mass is 289 g/mol. The van der Waals surface area contributed by atoms with E-state index < -0.39 is 10.0 Å². The Bertz CT molecular complexity index is 495. The lowest BCUT2D eigenvalue weighted by Gasteiger charge is -2.25. The average Bonchev–Trinajstić information content (AvgIpc) is 2.70. The molecule has 0 saturated carbocycles. The molecule has 0 saturated heterocycles. The van der Waals surface area contributed by atoms with Crippen molar-refractivity contribution in [2.24, 2.45) is 5.92 Å². The van der Waals surface area contributed by atoms with Crippen LogP contribution in [-0.4, -0.2) is 61.5 Å². The SMILES string of the molecule is CC(C)CN(CCN(C)C)S(=O)(=O)c1cn[nH]c1N. The number of hydrogen-bond acceptors (Lipinski definition) is 5. The number of anilines is 1. The minimum Gasteiger partial charge on any atom is -0.383 e. The largest absolute Gasteiger partial charge is 0.383 e. The van der Waals surface area contributed by atoms with Gasteiger partial charge in [-0.15, -0.1) is 0 Å². The summed E-state index contributed by atoms with van der Waals surface area (Å²) in [7, 11) is 0.227. The Kier molecular flexibility index (Phi) is 5.33. The summed E-state index contributed by atoms with van der Waals surface area (Å²) in [6, 6.07) is 0. The first-order valence-corrected chi connectivity index (χ1v) is 7.63. The van der Waals surface area contributed by atoms with Crippen molar-refractivity contribution >= 4 is 15.8 Å². The number of nitrogens with one attached hydrogen (secondary N) is 1. The van der Waals surface area contributed by atoms with Crippen LogP contribution in [0.1, 0.15) is 13.8 Å². The predicted molar refractivity (Wildman–Crippen MR) is 75.2 cm³/mol. The standard InChI is InChI=1S/C11H23N5O2S/c1-9(2)8-16(6-5-15(3)4)19(17,18)10-7-13-14-11(10)12/h7,9H,5-6,8H2,1-4H3,(H3,12,13,14).